The van der Waals surface area contributed by atoms with Crippen LogP contribution in [0.25, 0.3) is 0 Å². The van der Waals surface area contributed by atoms with Gasteiger partial charge in [-0.15, -0.1) is 0 Å². The van der Waals surface area contributed by atoms with Gasteiger partial charge in [0.2, 0.25) is 11.7 Å². The molecular weight excluding hydrogens is 256 g/mol. The highest BCUT2D eigenvalue weighted by atomic mass is 16.5. The van der Waals surface area contributed by atoms with Gasteiger partial charge < -0.3 is 14.4 Å². The third kappa shape index (κ3) is 3.36. The first kappa shape index (κ1) is 14.5. The Morgan fingerprint density at radius 2 is 2.05 bits per heavy atom. The lowest BCUT2D eigenvalue weighted by Crippen LogP contribution is -2.00. The molecule has 1 atom stereocenters. The molecule has 0 aliphatic heterocycles. The van der Waals surface area contributed by atoms with Gasteiger partial charge in [0.15, 0.2) is 6.61 Å². The van der Waals surface area contributed by atoms with Crippen LogP contribution >= 0.6 is 0 Å². The average molecular weight is 276 g/mol. The monoisotopic (exact) mass is 276 g/mol. The zero-order valence-electron chi connectivity index (χ0n) is 12.3. The Bertz CT molecular complexity index is 576. The quantitative estimate of drug-likeness (QED) is 0.908. The molecule has 0 amide bonds. The fourth-order valence-electron chi connectivity index (χ4n) is 1.80. The predicted molar refractivity (Wildman–Crippen MR) is 74.5 cm³/mol. The van der Waals surface area contributed by atoms with E-state index in [1.54, 1.807) is 6.92 Å². The number of aliphatic hydroxyl groups is 1. The smallest absolute Gasteiger partial charge is 0.229 e. The second-order valence-corrected chi connectivity index (χ2v) is 5.19. The summed E-state index contributed by atoms with van der Waals surface area (Å²) in [5.41, 5.74) is 1.84. The Balaban J connectivity index is 2.03. The first-order chi connectivity index (χ1) is 9.47. The van der Waals surface area contributed by atoms with Crippen molar-refractivity contribution in [3.05, 3.63) is 41.0 Å². The highest BCUT2D eigenvalue weighted by molar-refractivity contribution is 5.36. The number of ether oxygens (including phenoxy) is 1. The molecule has 0 saturated heterocycles. The third-order valence-corrected chi connectivity index (χ3v) is 3.02. The first-order valence-electron chi connectivity index (χ1n) is 6.71. The summed E-state index contributed by atoms with van der Waals surface area (Å²) < 4.78 is 10.8. The van der Waals surface area contributed by atoms with Gasteiger partial charge in [0, 0.05) is 5.92 Å². The number of aromatic nitrogens is 2. The predicted octanol–water partition coefficient (Wildman–Crippen LogP) is 3.13. The summed E-state index contributed by atoms with van der Waals surface area (Å²) in [6.45, 7) is 7.94. The molecule has 5 heteroatoms. The molecule has 1 N–H and O–H groups in total. The maximum Gasteiger partial charge on any atom is 0.229 e. The molecule has 0 saturated carbocycles. The SMILES string of the molecule is Cc1cc([C@@H](C)O)ccc1OCc1noc(C(C)C)n1. The highest BCUT2D eigenvalue weighted by Crippen LogP contribution is 2.23. The molecule has 0 aliphatic carbocycles. The third-order valence-electron chi connectivity index (χ3n) is 3.02. The van der Waals surface area contributed by atoms with Gasteiger partial charge in [-0.05, 0) is 37.1 Å². The van der Waals surface area contributed by atoms with Crippen molar-refractivity contribution in [3.63, 3.8) is 0 Å². The van der Waals surface area contributed by atoms with E-state index in [0.29, 0.717) is 11.7 Å². The molecule has 1 heterocycles. The van der Waals surface area contributed by atoms with E-state index in [1.165, 1.54) is 0 Å². The number of rotatable bonds is 5. The van der Waals surface area contributed by atoms with Crippen molar-refractivity contribution >= 4 is 0 Å². The standard InChI is InChI=1S/C15H20N2O3/c1-9(2)15-16-14(17-20-15)8-19-13-6-5-12(11(4)18)7-10(13)3/h5-7,9,11,18H,8H2,1-4H3/t11-/m1/s1. The van der Waals surface area contributed by atoms with Crippen molar-refractivity contribution < 1.29 is 14.4 Å². The molecule has 2 aromatic rings. The molecule has 0 spiro atoms. The van der Waals surface area contributed by atoms with Gasteiger partial charge in [-0.25, -0.2) is 0 Å². The van der Waals surface area contributed by atoms with Crippen molar-refractivity contribution in [2.45, 2.75) is 46.3 Å². The molecule has 108 valence electrons. The molecule has 0 bridgehead atoms. The molecule has 1 aromatic carbocycles. The summed E-state index contributed by atoms with van der Waals surface area (Å²) in [7, 11) is 0. The molecule has 0 radical (unpaired) electrons. The maximum atomic E-state index is 9.53. The number of aryl methyl sites for hydroxylation is 1. The van der Waals surface area contributed by atoms with E-state index in [4.69, 9.17) is 9.26 Å². The van der Waals surface area contributed by atoms with Crippen LogP contribution in [-0.4, -0.2) is 15.2 Å². The molecule has 0 aliphatic rings. The fourth-order valence-corrected chi connectivity index (χ4v) is 1.80. The van der Waals surface area contributed by atoms with E-state index in [-0.39, 0.29) is 12.5 Å². The second-order valence-electron chi connectivity index (χ2n) is 5.19. The van der Waals surface area contributed by atoms with Crippen LogP contribution in [0.5, 0.6) is 5.75 Å². The average Bonchev–Trinajstić information content (AvgIpc) is 2.86. The number of aliphatic hydroxyl groups excluding tert-OH is 1. The largest absolute Gasteiger partial charge is 0.485 e. The Morgan fingerprint density at radius 1 is 1.30 bits per heavy atom. The lowest BCUT2D eigenvalue weighted by Gasteiger charge is -2.10. The summed E-state index contributed by atoms with van der Waals surface area (Å²) in [5.74, 6) is 2.12. The van der Waals surface area contributed by atoms with Crippen LogP contribution in [0.15, 0.2) is 22.7 Å². The van der Waals surface area contributed by atoms with Gasteiger partial charge in [-0.2, -0.15) is 4.98 Å². The Hall–Kier alpha value is -1.88. The molecule has 20 heavy (non-hydrogen) atoms. The van der Waals surface area contributed by atoms with Crippen LogP contribution in [0.1, 0.15) is 55.6 Å². The second kappa shape index (κ2) is 6.05. The molecule has 1 aromatic heterocycles. The van der Waals surface area contributed by atoms with E-state index in [9.17, 15) is 5.11 Å². The van der Waals surface area contributed by atoms with E-state index in [0.717, 1.165) is 16.9 Å². The minimum Gasteiger partial charge on any atom is -0.485 e. The van der Waals surface area contributed by atoms with Crippen LogP contribution < -0.4 is 4.74 Å². The summed E-state index contributed by atoms with van der Waals surface area (Å²) in [6, 6.07) is 5.61. The van der Waals surface area contributed by atoms with Crippen LogP contribution in [0.3, 0.4) is 0 Å². The van der Waals surface area contributed by atoms with Gasteiger partial charge in [0.25, 0.3) is 0 Å². The normalized spacial score (nSPS) is 12.7. The molecular formula is C15H20N2O3. The van der Waals surface area contributed by atoms with Crippen LogP contribution in [-0.2, 0) is 6.61 Å². The van der Waals surface area contributed by atoms with E-state index in [1.807, 2.05) is 39.0 Å². The Kier molecular flexibility index (Phi) is 4.39. The Labute approximate surface area is 118 Å². The topological polar surface area (TPSA) is 68.4 Å². The number of nitrogens with zero attached hydrogens (tertiary/aromatic N) is 2. The maximum absolute atomic E-state index is 9.53. The van der Waals surface area contributed by atoms with Crippen molar-refractivity contribution in [1.29, 1.82) is 0 Å². The van der Waals surface area contributed by atoms with E-state index >= 15 is 0 Å². The van der Waals surface area contributed by atoms with Crippen LogP contribution in [0.2, 0.25) is 0 Å². The zero-order chi connectivity index (χ0) is 14.7. The molecule has 5 nitrogen and oxygen atoms in total. The summed E-state index contributed by atoms with van der Waals surface area (Å²) >= 11 is 0. The van der Waals surface area contributed by atoms with E-state index < -0.39 is 6.10 Å². The molecule has 2 rings (SSSR count). The van der Waals surface area contributed by atoms with Gasteiger partial charge in [-0.1, -0.05) is 25.1 Å². The van der Waals surface area contributed by atoms with Crippen LogP contribution in [0, 0.1) is 6.92 Å². The zero-order valence-corrected chi connectivity index (χ0v) is 12.3. The highest BCUT2D eigenvalue weighted by Gasteiger charge is 2.11. The van der Waals surface area contributed by atoms with Gasteiger partial charge >= 0.3 is 0 Å². The lowest BCUT2D eigenvalue weighted by molar-refractivity contribution is 0.199. The van der Waals surface area contributed by atoms with Crippen LogP contribution in [0.4, 0.5) is 0 Å². The Morgan fingerprint density at radius 3 is 2.60 bits per heavy atom. The fraction of sp³-hybridized carbons (Fsp3) is 0.467. The van der Waals surface area contributed by atoms with Crippen molar-refractivity contribution in [2.24, 2.45) is 0 Å². The molecule has 0 unspecified atom stereocenters. The molecule has 0 fully saturated rings. The number of benzene rings is 1. The minimum absolute atomic E-state index is 0.211. The minimum atomic E-state index is -0.478. The van der Waals surface area contributed by atoms with E-state index in [2.05, 4.69) is 10.1 Å². The number of hydrogen-bond acceptors (Lipinski definition) is 5. The summed E-state index contributed by atoms with van der Waals surface area (Å²) in [4.78, 5) is 4.26. The van der Waals surface area contributed by atoms with Crippen molar-refractivity contribution in [1.82, 2.24) is 10.1 Å². The summed E-state index contributed by atoms with van der Waals surface area (Å²) in [5, 5.41) is 13.4. The summed E-state index contributed by atoms with van der Waals surface area (Å²) in [6.07, 6.45) is -0.478. The number of hydrogen-bond donors (Lipinski definition) is 1. The van der Waals surface area contributed by atoms with Gasteiger partial charge in [0.05, 0.1) is 6.10 Å². The van der Waals surface area contributed by atoms with Gasteiger partial charge in [-0.3, -0.25) is 0 Å². The van der Waals surface area contributed by atoms with Crippen molar-refractivity contribution in [2.75, 3.05) is 0 Å². The lowest BCUT2D eigenvalue weighted by atomic mass is 10.1. The van der Waals surface area contributed by atoms with Gasteiger partial charge in [0.1, 0.15) is 5.75 Å². The van der Waals surface area contributed by atoms with Crippen molar-refractivity contribution in [3.8, 4) is 5.75 Å². The first-order valence-corrected chi connectivity index (χ1v) is 6.71.